The summed E-state index contributed by atoms with van der Waals surface area (Å²) in [6.07, 6.45) is 0. The zero-order valence-corrected chi connectivity index (χ0v) is 15.2. The number of carbonyl (C=O) groups is 2. The zero-order valence-electron chi connectivity index (χ0n) is 15.2. The normalized spacial score (nSPS) is 10.5. The van der Waals surface area contributed by atoms with Gasteiger partial charge in [-0.3, -0.25) is 4.79 Å². The SMILES string of the molecule is COc1cccc(C(=O)OCC(=O)N(C)Cc2ccccc2F)c1OC(F)F. The fraction of sp³-hybridized carbons (Fsp3) is 0.263. The molecule has 0 unspecified atom stereocenters. The Morgan fingerprint density at radius 2 is 1.82 bits per heavy atom. The number of esters is 1. The number of para-hydroxylation sites is 1. The summed E-state index contributed by atoms with van der Waals surface area (Å²) < 4.78 is 53.0. The number of benzene rings is 2. The molecular weight excluding hydrogens is 379 g/mol. The minimum atomic E-state index is -3.18. The van der Waals surface area contributed by atoms with Gasteiger partial charge in [-0.25, -0.2) is 9.18 Å². The van der Waals surface area contributed by atoms with Crippen molar-refractivity contribution in [2.45, 2.75) is 13.2 Å². The van der Waals surface area contributed by atoms with Crippen LogP contribution in [0.15, 0.2) is 42.5 Å². The molecule has 0 aliphatic heterocycles. The molecule has 0 saturated heterocycles. The minimum absolute atomic E-state index is 0.0258. The molecule has 0 bridgehead atoms. The lowest BCUT2D eigenvalue weighted by atomic mass is 10.2. The zero-order chi connectivity index (χ0) is 20.7. The van der Waals surface area contributed by atoms with E-state index in [1.165, 1.54) is 55.5 Å². The quantitative estimate of drug-likeness (QED) is 0.640. The first kappa shape index (κ1) is 21.1. The van der Waals surface area contributed by atoms with Gasteiger partial charge in [-0.15, -0.1) is 0 Å². The summed E-state index contributed by atoms with van der Waals surface area (Å²) in [5, 5.41) is 0. The average Bonchev–Trinajstić information content (AvgIpc) is 2.67. The van der Waals surface area contributed by atoms with E-state index in [2.05, 4.69) is 4.74 Å². The van der Waals surface area contributed by atoms with Gasteiger partial charge in [0.05, 0.1) is 7.11 Å². The minimum Gasteiger partial charge on any atom is -0.493 e. The van der Waals surface area contributed by atoms with Crippen LogP contribution in [0.3, 0.4) is 0 Å². The van der Waals surface area contributed by atoms with Gasteiger partial charge in [0.15, 0.2) is 18.1 Å². The van der Waals surface area contributed by atoms with Crippen LogP contribution in [0.1, 0.15) is 15.9 Å². The molecule has 0 radical (unpaired) electrons. The lowest BCUT2D eigenvalue weighted by Crippen LogP contribution is -2.31. The van der Waals surface area contributed by atoms with Crippen molar-refractivity contribution < 1.29 is 37.0 Å². The van der Waals surface area contributed by atoms with Crippen LogP contribution in [0.2, 0.25) is 0 Å². The fourth-order valence-electron chi connectivity index (χ4n) is 2.33. The molecule has 2 aromatic carbocycles. The third kappa shape index (κ3) is 5.38. The Balaban J connectivity index is 2.03. The highest BCUT2D eigenvalue weighted by Gasteiger charge is 2.22. The molecule has 150 valence electrons. The summed E-state index contributed by atoms with van der Waals surface area (Å²) in [6.45, 7) is -3.87. The first-order valence-electron chi connectivity index (χ1n) is 8.09. The largest absolute Gasteiger partial charge is 0.493 e. The molecule has 2 aromatic rings. The second-order valence-electron chi connectivity index (χ2n) is 5.63. The third-order valence-electron chi connectivity index (χ3n) is 3.74. The number of amides is 1. The number of rotatable bonds is 8. The Morgan fingerprint density at radius 3 is 2.46 bits per heavy atom. The first-order valence-corrected chi connectivity index (χ1v) is 8.09. The number of alkyl halides is 2. The third-order valence-corrected chi connectivity index (χ3v) is 3.74. The van der Waals surface area contributed by atoms with Crippen LogP contribution in [0.25, 0.3) is 0 Å². The Labute approximate surface area is 159 Å². The number of ether oxygens (including phenoxy) is 3. The number of hydrogen-bond acceptors (Lipinski definition) is 5. The molecule has 0 aliphatic carbocycles. The highest BCUT2D eigenvalue weighted by molar-refractivity contribution is 5.95. The van der Waals surface area contributed by atoms with Crippen LogP contribution in [-0.4, -0.2) is 44.2 Å². The highest BCUT2D eigenvalue weighted by Crippen LogP contribution is 2.32. The van der Waals surface area contributed by atoms with Crippen LogP contribution in [-0.2, 0) is 16.1 Å². The van der Waals surface area contributed by atoms with Crippen molar-refractivity contribution in [1.29, 1.82) is 0 Å². The van der Waals surface area contributed by atoms with Crippen molar-refractivity contribution in [2.75, 3.05) is 20.8 Å². The van der Waals surface area contributed by atoms with Crippen molar-refractivity contribution in [2.24, 2.45) is 0 Å². The van der Waals surface area contributed by atoms with Crippen LogP contribution in [0.5, 0.6) is 11.5 Å². The van der Waals surface area contributed by atoms with Gasteiger partial charge in [-0.2, -0.15) is 8.78 Å². The van der Waals surface area contributed by atoms with E-state index < -0.39 is 36.7 Å². The van der Waals surface area contributed by atoms with Gasteiger partial charge >= 0.3 is 12.6 Å². The van der Waals surface area contributed by atoms with Crippen molar-refractivity contribution in [3.05, 3.63) is 59.4 Å². The van der Waals surface area contributed by atoms with Gasteiger partial charge < -0.3 is 19.1 Å². The molecule has 0 fully saturated rings. The Bertz CT molecular complexity index is 844. The van der Waals surface area contributed by atoms with Crippen molar-refractivity contribution in [1.82, 2.24) is 4.90 Å². The van der Waals surface area contributed by atoms with E-state index in [9.17, 15) is 22.8 Å². The number of nitrogens with zero attached hydrogens (tertiary/aromatic N) is 1. The standard InChI is InChI=1S/C19H18F3NO5/c1-23(10-12-6-3-4-8-14(12)20)16(24)11-27-18(25)13-7-5-9-15(26-2)17(13)28-19(21)22/h3-9,19H,10-11H2,1-2H3. The van der Waals surface area contributed by atoms with Gasteiger partial charge in [0.25, 0.3) is 5.91 Å². The van der Waals surface area contributed by atoms with Gasteiger partial charge in [-0.05, 0) is 18.2 Å². The maximum atomic E-state index is 13.7. The van der Waals surface area contributed by atoms with Gasteiger partial charge in [-0.1, -0.05) is 24.3 Å². The Kier molecular flexibility index (Phi) is 7.25. The molecule has 0 heterocycles. The number of likely N-dealkylation sites (N-methyl/N-ethyl adjacent to an activating group) is 1. The topological polar surface area (TPSA) is 65.1 Å². The molecule has 0 saturated carbocycles. The van der Waals surface area contributed by atoms with Crippen LogP contribution >= 0.6 is 0 Å². The van der Waals surface area contributed by atoms with E-state index in [1.54, 1.807) is 6.07 Å². The number of carbonyl (C=O) groups excluding carboxylic acids is 2. The average molecular weight is 397 g/mol. The Morgan fingerprint density at radius 1 is 1.11 bits per heavy atom. The predicted octanol–water partition coefficient (Wildman–Crippen LogP) is 3.25. The molecule has 6 nitrogen and oxygen atoms in total. The van der Waals surface area contributed by atoms with E-state index in [0.717, 1.165) is 0 Å². The number of halogens is 3. The van der Waals surface area contributed by atoms with Crippen LogP contribution in [0.4, 0.5) is 13.2 Å². The molecule has 0 atom stereocenters. The summed E-state index contributed by atoms with van der Waals surface area (Å²) >= 11 is 0. The monoisotopic (exact) mass is 397 g/mol. The van der Waals surface area contributed by atoms with E-state index in [1.807, 2.05) is 0 Å². The van der Waals surface area contributed by atoms with E-state index in [-0.39, 0.29) is 17.9 Å². The lowest BCUT2D eigenvalue weighted by molar-refractivity contribution is -0.133. The summed E-state index contributed by atoms with van der Waals surface area (Å²) in [6, 6.07) is 9.87. The molecular formula is C19H18F3NO5. The lowest BCUT2D eigenvalue weighted by Gasteiger charge is -2.18. The van der Waals surface area contributed by atoms with Crippen molar-refractivity contribution in [3.63, 3.8) is 0 Å². The maximum Gasteiger partial charge on any atom is 0.387 e. The molecule has 2 rings (SSSR count). The summed E-state index contributed by atoms with van der Waals surface area (Å²) in [5.41, 5.74) is -0.0192. The van der Waals surface area contributed by atoms with Crippen molar-refractivity contribution >= 4 is 11.9 Å². The molecule has 9 heteroatoms. The molecule has 1 amide bonds. The van der Waals surface area contributed by atoms with Crippen LogP contribution < -0.4 is 9.47 Å². The van der Waals surface area contributed by atoms with Gasteiger partial charge in [0.1, 0.15) is 11.4 Å². The maximum absolute atomic E-state index is 13.7. The fourth-order valence-corrected chi connectivity index (χ4v) is 2.33. The van der Waals surface area contributed by atoms with Crippen LogP contribution in [0, 0.1) is 5.82 Å². The summed E-state index contributed by atoms with van der Waals surface area (Å²) in [5.74, 6) is -2.68. The Hall–Kier alpha value is -3.23. The second kappa shape index (κ2) is 9.63. The number of hydrogen-bond donors (Lipinski definition) is 0. The summed E-state index contributed by atoms with van der Waals surface area (Å²) in [7, 11) is 2.64. The second-order valence-corrected chi connectivity index (χ2v) is 5.63. The van der Waals surface area contributed by atoms with E-state index in [4.69, 9.17) is 9.47 Å². The highest BCUT2D eigenvalue weighted by atomic mass is 19.3. The molecule has 0 spiro atoms. The molecule has 28 heavy (non-hydrogen) atoms. The van der Waals surface area contributed by atoms with Gasteiger partial charge in [0.2, 0.25) is 0 Å². The molecule has 0 aromatic heterocycles. The smallest absolute Gasteiger partial charge is 0.387 e. The summed E-state index contributed by atoms with van der Waals surface area (Å²) in [4.78, 5) is 25.5. The first-order chi connectivity index (χ1) is 13.3. The molecule has 0 N–H and O–H groups in total. The predicted molar refractivity (Wildman–Crippen MR) is 92.8 cm³/mol. The van der Waals surface area contributed by atoms with Gasteiger partial charge in [0, 0.05) is 19.2 Å². The number of methoxy groups -OCH3 is 1. The van der Waals surface area contributed by atoms with E-state index >= 15 is 0 Å². The molecule has 0 aliphatic rings. The van der Waals surface area contributed by atoms with E-state index in [0.29, 0.717) is 5.56 Å². The van der Waals surface area contributed by atoms with Crippen molar-refractivity contribution in [3.8, 4) is 11.5 Å².